The highest BCUT2D eigenvalue weighted by Gasteiger charge is 2.30. The third kappa shape index (κ3) is 4.43. The van der Waals surface area contributed by atoms with Gasteiger partial charge in [-0.05, 0) is 55.7 Å². The second kappa shape index (κ2) is 6.02. The fourth-order valence-corrected chi connectivity index (χ4v) is 2.57. The van der Waals surface area contributed by atoms with Gasteiger partial charge in [0.05, 0.1) is 12.2 Å². The average Bonchev–Trinajstić information content (AvgIpc) is 3.30. The number of nitrogens with one attached hydrogen (secondary N) is 1. The first-order valence-electron chi connectivity index (χ1n) is 7.67. The minimum Gasteiger partial charge on any atom is -0.399 e. The maximum atomic E-state index is 13.6. The lowest BCUT2D eigenvalue weighted by Gasteiger charge is -2.21. The minimum absolute atomic E-state index is 0.165. The predicted octanol–water partition coefficient (Wildman–Crippen LogP) is 2.47. The number of nitrogens with two attached hydrogens (primary N) is 1. The molecular weight excluding hydrogens is 269 g/mol. The summed E-state index contributed by atoms with van der Waals surface area (Å²) in [6.45, 7) is 2.31. The van der Waals surface area contributed by atoms with Crippen molar-refractivity contribution in [1.82, 2.24) is 4.90 Å². The molecule has 2 saturated carbocycles. The number of benzene rings is 1. The van der Waals surface area contributed by atoms with E-state index in [9.17, 15) is 9.18 Å². The van der Waals surface area contributed by atoms with Crippen LogP contribution >= 0.6 is 0 Å². The molecule has 0 spiro atoms. The van der Waals surface area contributed by atoms with Gasteiger partial charge in [0, 0.05) is 18.8 Å². The summed E-state index contributed by atoms with van der Waals surface area (Å²) in [5.74, 6) is 0.885. The van der Waals surface area contributed by atoms with E-state index in [-0.39, 0.29) is 11.6 Å². The number of hydrogen-bond acceptors (Lipinski definition) is 3. The molecule has 5 heteroatoms. The number of amides is 1. The van der Waals surface area contributed by atoms with E-state index in [0.717, 1.165) is 24.9 Å². The lowest BCUT2D eigenvalue weighted by molar-refractivity contribution is -0.117. The molecule has 2 fully saturated rings. The summed E-state index contributed by atoms with van der Waals surface area (Å²) in [5, 5.41) is 2.63. The van der Waals surface area contributed by atoms with Crippen molar-refractivity contribution in [1.29, 1.82) is 0 Å². The molecule has 0 heterocycles. The van der Waals surface area contributed by atoms with E-state index in [1.807, 2.05) is 0 Å². The summed E-state index contributed by atoms with van der Waals surface area (Å²) in [5.41, 5.74) is 6.23. The third-order valence-electron chi connectivity index (χ3n) is 4.06. The van der Waals surface area contributed by atoms with Gasteiger partial charge in [-0.2, -0.15) is 0 Å². The molecule has 1 aromatic rings. The third-order valence-corrected chi connectivity index (χ3v) is 4.06. The van der Waals surface area contributed by atoms with Crippen LogP contribution in [0, 0.1) is 17.7 Å². The fourth-order valence-electron chi connectivity index (χ4n) is 2.57. The van der Waals surface area contributed by atoms with Crippen LogP contribution in [0.5, 0.6) is 0 Å². The SMILES string of the molecule is Nc1ccc(F)c(NC(=O)CN(CC2CC2)CC2CC2)c1. The summed E-state index contributed by atoms with van der Waals surface area (Å²) in [6.07, 6.45) is 5.08. The summed E-state index contributed by atoms with van der Waals surface area (Å²) in [7, 11) is 0. The van der Waals surface area contributed by atoms with Crippen LogP contribution in [0.15, 0.2) is 18.2 Å². The quantitative estimate of drug-likeness (QED) is 0.759. The Hall–Kier alpha value is -1.62. The summed E-state index contributed by atoms with van der Waals surface area (Å²) in [4.78, 5) is 14.3. The van der Waals surface area contributed by atoms with Gasteiger partial charge in [0.2, 0.25) is 5.91 Å². The number of rotatable bonds is 7. The highest BCUT2D eigenvalue weighted by molar-refractivity contribution is 5.92. The van der Waals surface area contributed by atoms with Gasteiger partial charge in [-0.15, -0.1) is 0 Å². The maximum Gasteiger partial charge on any atom is 0.238 e. The highest BCUT2D eigenvalue weighted by atomic mass is 19.1. The van der Waals surface area contributed by atoms with Gasteiger partial charge in [-0.25, -0.2) is 4.39 Å². The van der Waals surface area contributed by atoms with Gasteiger partial charge in [0.25, 0.3) is 0 Å². The first kappa shape index (κ1) is 14.3. The van der Waals surface area contributed by atoms with Crippen LogP contribution < -0.4 is 11.1 Å². The Morgan fingerprint density at radius 3 is 2.43 bits per heavy atom. The van der Waals surface area contributed by atoms with Crippen LogP contribution in [0.2, 0.25) is 0 Å². The van der Waals surface area contributed by atoms with Crippen LogP contribution in [0.25, 0.3) is 0 Å². The molecule has 114 valence electrons. The molecule has 1 amide bonds. The van der Waals surface area contributed by atoms with Gasteiger partial charge in [-0.1, -0.05) is 0 Å². The van der Waals surface area contributed by atoms with Crippen molar-refractivity contribution in [2.45, 2.75) is 25.7 Å². The van der Waals surface area contributed by atoms with Crippen molar-refractivity contribution in [2.24, 2.45) is 11.8 Å². The number of halogens is 1. The molecule has 3 rings (SSSR count). The molecule has 4 nitrogen and oxygen atoms in total. The first-order valence-corrected chi connectivity index (χ1v) is 7.67. The lowest BCUT2D eigenvalue weighted by Crippen LogP contribution is -2.36. The molecule has 2 aliphatic carbocycles. The molecule has 0 saturated heterocycles. The predicted molar refractivity (Wildman–Crippen MR) is 81.3 cm³/mol. The number of nitrogen functional groups attached to an aromatic ring is 1. The Kier molecular flexibility index (Phi) is 4.10. The van der Waals surface area contributed by atoms with Gasteiger partial charge < -0.3 is 11.1 Å². The lowest BCUT2D eigenvalue weighted by atomic mass is 10.2. The average molecular weight is 291 g/mol. The molecule has 21 heavy (non-hydrogen) atoms. The normalized spacial score (nSPS) is 18.0. The van der Waals surface area contributed by atoms with Gasteiger partial charge in [0.15, 0.2) is 0 Å². The Balaban J connectivity index is 1.56. The van der Waals surface area contributed by atoms with Crippen molar-refractivity contribution in [3.63, 3.8) is 0 Å². The molecule has 0 aromatic heterocycles. The molecule has 0 unspecified atom stereocenters. The zero-order valence-corrected chi connectivity index (χ0v) is 12.1. The van der Waals surface area contributed by atoms with Crippen molar-refractivity contribution in [3.8, 4) is 0 Å². The number of anilines is 2. The molecule has 0 aliphatic heterocycles. The van der Waals surface area contributed by atoms with E-state index in [1.165, 1.54) is 43.9 Å². The van der Waals surface area contributed by atoms with Gasteiger partial charge in [0.1, 0.15) is 5.82 Å². The smallest absolute Gasteiger partial charge is 0.238 e. The molecule has 0 atom stereocenters. The van der Waals surface area contributed by atoms with Crippen LogP contribution in [-0.4, -0.2) is 30.4 Å². The molecule has 2 aliphatic rings. The number of carbonyl (C=O) groups excluding carboxylic acids is 1. The largest absolute Gasteiger partial charge is 0.399 e. The van der Waals surface area contributed by atoms with Crippen molar-refractivity contribution < 1.29 is 9.18 Å². The number of hydrogen-bond donors (Lipinski definition) is 2. The van der Waals surface area contributed by atoms with Crippen molar-refractivity contribution in [3.05, 3.63) is 24.0 Å². The summed E-state index contributed by atoms with van der Waals surface area (Å²) in [6, 6.07) is 4.22. The van der Waals surface area contributed by atoms with Gasteiger partial charge >= 0.3 is 0 Å². The van der Waals surface area contributed by atoms with E-state index in [4.69, 9.17) is 5.73 Å². The second-order valence-electron chi connectivity index (χ2n) is 6.37. The summed E-state index contributed by atoms with van der Waals surface area (Å²) < 4.78 is 13.6. The number of carbonyl (C=O) groups is 1. The van der Waals surface area contributed by atoms with Crippen molar-refractivity contribution in [2.75, 3.05) is 30.7 Å². The molecule has 0 radical (unpaired) electrons. The summed E-state index contributed by atoms with van der Waals surface area (Å²) >= 11 is 0. The van der Waals surface area contributed by atoms with E-state index in [0.29, 0.717) is 12.2 Å². The second-order valence-corrected chi connectivity index (χ2v) is 6.37. The highest BCUT2D eigenvalue weighted by Crippen LogP contribution is 2.33. The zero-order valence-electron chi connectivity index (χ0n) is 12.1. The van der Waals surface area contributed by atoms with Gasteiger partial charge in [-0.3, -0.25) is 9.69 Å². The van der Waals surface area contributed by atoms with Crippen LogP contribution in [0.1, 0.15) is 25.7 Å². The fraction of sp³-hybridized carbons (Fsp3) is 0.562. The molecule has 0 bridgehead atoms. The van der Waals surface area contributed by atoms with E-state index in [2.05, 4.69) is 10.2 Å². The van der Waals surface area contributed by atoms with Crippen molar-refractivity contribution >= 4 is 17.3 Å². The number of nitrogens with zero attached hydrogens (tertiary/aromatic N) is 1. The Morgan fingerprint density at radius 1 is 1.24 bits per heavy atom. The molecule has 3 N–H and O–H groups in total. The maximum absolute atomic E-state index is 13.6. The van der Waals surface area contributed by atoms with Crippen LogP contribution in [0.3, 0.4) is 0 Å². The van der Waals surface area contributed by atoms with Crippen LogP contribution in [-0.2, 0) is 4.79 Å². The zero-order chi connectivity index (χ0) is 14.8. The Bertz CT molecular complexity index is 512. The molecule has 1 aromatic carbocycles. The Morgan fingerprint density at radius 2 is 1.86 bits per heavy atom. The van der Waals surface area contributed by atoms with E-state index in [1.54, 1.807) is 0 Å². The monoisotopic (exact) mass is 291 g/mol. The van der Waals surface area contributed by atoms with Crippen LogP contribution in [0.4, 0.5) is 15.8 Å². The first-order chi connectivity index (χ1) is 10.1. The van der Waals surface area contributed by atoms with E-state index >= 15 is 0 Å². The topological polar surface area (TPSA) is 58.4 Å². The standard InChI is InChI=1S/C16H22FN3O/c17-14-6-5-13(18)7-15(14)19-16(21)10-20(8-11-1-2-11)9-12-3-4-12/h5-7,11-12H,1-4,8-10,18H2,(H,19,21). The van der Waals surface area contributed by atoms with E-state index < -0.39 is 5.82 Å². The minimum atomic E-state index is -0.450. The molecular formula is C16H22FN3O. The Labute approximate surface area is 124 Å².